The van der Waals surface area contributed by atoms with Crippen LogP contribution in [0.2, 0.25) is 5.02 Å². The third kappa shape index (κ3) is 2.84. The first-order chi connectivity index (χ1) is 8.08. The van der Waals surface area contributed by atoms with Crippen molar-refractivity contribution in [3.8, 4) is 0 Å². The van der Waals surface area contributed by atoms with Crippen LogP contribution < -0.4 is 5.56 Å². The molecule has 0 radical (unpaired) electrons. The second-order valence-electron chi connectivity index (χ2n) is 3.41. The Kier molecular flexibility index (Phi) is 3.78. The second-order valence-corrected chi connectivity index (χ2v) is 5.01. The van der Waals surface area contributed by atoms with Crippen LogP contribution in [0.5, 0.6) is 0 Å². The first-order valence-corrected chi connectivity index (χ1v) is 6.17. The molecule has 2 aromatic rings. The quantitative estimate of drug-likeness (QED) is 0.768. The van der Waals surface area contributed by atoms with Gasteiger partial charge in [0.05, 0.1) is 16.4 Å². The molecule has 0 saturated carbocycles. The van der Waals surface area contributed by atoms with Crippen molar-refractivity contribution in [1.29, 1.82) is 0 Å². The molecule has 0 aliphatic rings. The van der Waals surface area contributed by atoms with Gasteiger partial charge in [0.1, 0.15) is 5.82 Å². The minimum absolute atomic E-state index is 0.145. The van der Waals surface area contributed by atoms with E-state index in [1.165, 1.54) is 23.2 Å². The van der Waals surface area contributed by atoms with Crippen LogP contribution in [0.1, 0.15) is 5.56 Å². The number of hydrogen-bond acceptors (Lipinski definition) is 2. The van der Waals surface area contributed by atoms with Gasteiger partial charge in [0.2, 0.25) is 0 Å². The minimum Gasteiger partial charge on any atom is -0.294 e. The normalized spacial score (nSPS) is 10.5. The highest BCUT2D eigenvalue weighted by Gasteiger charge is 2.06. The van der Waals surface area contributed by atoms with Crippen LogP contribution in [0.4, 0.5) is 4.39 Å². The smallest absolute Gasteiger partial charge is 0.267 e. The number of hydrogen-bond donors (Lipinski definition) is 0. The Balaban J connectivity index is 2.38. The van der Waals surface area contributed by atoms with Crippen LogP contribution in [-0.2, 0) is 6.54 Å². The van der Waals surface area contributed by atoms with E-state index in [-0.39, 0.29) is 12.1 Å². The van der Waals surface area contributed by atoms with Crippen molar-refractivity contribution in [2.75, 3.05) is 0 Å². The van der Waals surface area contributed by atoms with E-state index in [1.54, 1.807) is 12.1 Å². The van der Waals surface area contributed by atoms with E-state index in [0.29, 0.717) is 14.2 Å². The Labute approximate surface area is 115 Å². The zero-order valence-electron chi connectivity index (χ0n) is 8.53. The molecule has 1 aromatic carbocycles. The predicted molar refractivity (Wildman–Crippen MR) is 71.7 cm³/mol. The highest BCUT2D eigenvalue weighted by atomic mass is 127. The van der Waals surface area contributed by atoms with Crippen LogP contribution in [0.3, 0.4) is 0 Å². The van der Waals surface area contributed by atoms with E-state index in [4.69, 9.17) is 11.6 Å². The van der Waals surface area contributed by atoms with Gasteiger partial charge >= 0.3 is 0 Å². The van der Waals surface area contributed by atoms with Gasteiger partial charge in [0, 0.05) is 16.8 Å². The van der Waals surface area contributed by atoms with Gasteiger partial charge in [-0.1, -0.05) is 17.7 Å². The lowest BCUT2D eigenvalue weighted by Gasteiger charge is -2.06. The fourth-order valence-corrected chi connectivity index (χ4v) is 2.00. The molecular weight excluding hydrogens is 357 g/mol. The molecule has 3 nitrogen and oxygen atoms in total. The number of benzene rings is 1. The Bertz CT molecular complexity index is 615. The van der Waals surface area contributed by atoms with E-state index in [2.05, 4.69) is 4.98 Å². The molecule has 0 amide bonds. The molecule has 0 fully saturated rings. The molecule has 88 valence electrons. The number of halogens is 3. The number of rotatable bonds is 2. The zero-order valence-corrected chi connectivity index (χ0v) is 11.4. The summed E-state index contributed by atoms with van der Waals surface area (Å²) in [6.07, 6.45) is 2.86. The Morgan fingerprint density at radius 3 is 2.94 bits per heavy atom. The summed E-state index contributed by atoms with van der Waals surface area (Å²) in [6.45, 7) is 0.145. The van der Waals surface area contributed by atoms with E-state index in [9.17, 15) is 9.18 Å². The van der Waals surface area contributed by atoms with Crippen molar-refractivity contribution < 1.29 is 4.39 Å². The third-order valence-electron chi connectivity index (χ3n) is 2.21. The first kappa shape index (κ1) is 12.5. The van der Waals surface area contributed by atoms with Crippen LogP contribution in [0, 0.1) is 9.39 Å². The summed E-state index contributed by atoms with van der Waals surface area (Å²) in [5, 5.41) is 0.333. The van der Waals surface area contributed by atoms with Crippen molar-refractivity contribution in [3.63, 3.8) is 0 Å². The molecule has 6 heteroatoms. The molecule has 0 N–H and O–H groups in total. The number of nitrogens with zero attached hydrogens (tertiary/aromatic N) is 2. The first-order valence-electron chi connectivity index (χ1n) is 4.72. The Morgan fingerprint density at radius 1 is 1.47 bits per heavy atom. The van der Waals surface area contributed by atoms with Crippen molar-refractivity contribution >= 4 is 34.2 Å². The van der Waals surface area contributed by atoms with Crippen molar-refractivity contribution in [2.24, 2.45) is 0 Å². The molecule has 0 aliphatic heterocycles. The highest BCUT2D eigenvalue weighted by Crippen LogP contribution is 2.15. The summed E-state index contributed by atoms with van der Waals surface area (Å²) >= 11 is 7.55. The summed E-state index contributed by atoms with van der Waals surface area (Å²) in [4.78, 5) is 15.6. The lowest BCUT2D eigenvalue weighted by Crippen LogP contribution is -2.23. The lowest BCUT2D eigenvalue weighted by atomic mass is 10.2. The van der Waals surface area contributed by atoms with E-state index in [1.807, 2.05) is 22.6 Å². The maximum Gasteiger partial charge on any atom is 0.267 e. The second kappa shape index (κ2) is 5.14. The van der Waals surface area contributed by atoms with Gasteiger partial charge in [0.15, 0.2) is 0 Å². The fraction of sp³-hybridized carbons (Fsp3) is 0.0909. The van der Waals surface area contributed by atoms with Gasteiger partial charge < -0.3 is 0 Å². The molecule has 17 heavy (non-hydrogen) atoms. The summed E-state index contributed by atoms with van der Waals surface area (Å²) in [7, 11) is 0. The average Bonchev–Trinajstić information content (AvgIpc) is 2.28. The van der Waals surface area contributed by atoms with E-state index >= 15 is 0 Å². The van der Waals surface area contributed by atoms with Crippen LogP contribution in [0.15, 0.2) is 35.5 Å². The summed E-state index contributed by atoms with van der Waals surface area (Å²) in [5.74, 6) is -0.428. The van der Waals surface area contributed by atoms with Crippen LogP contribution in [-0.4, -0.2) is 9.55 Å². The number of aromatic nitrogens is 2. The molecule has 0 spiro atoms. The Morgan fingerprint density at radius 2 is 2.24 bits per heavy atom. The molecule has 2 rings (SSSR count). The average molecular weight is 365 g/mol. The third-order valence-corrected chi connectivity index (χ3v) is 3.19. The van der Waals surface area contributed by atoms with Gasteiger partial charge in [-0.3, -0.25) is 9.36 Å². The van der Waals surface area contributed by atoms with Gasteiger partial charge in [-0.05, 0) is 34.7 Å². The molecule has 0 saturated heterocycles. The van der Waals surface area contributed by atoms with Gasteiger partial charge in [0.25, 0.3) is 5.56 Å². The van der Waals surface area contributed by atoms with Crippen molar-refractivity contribution in [3.05, 3.63) is 61.1 Å². The minimum atomic E-state index is -0.428. The largest absolute Gasteiger partial charge is 0.294 e. The van der Waals surface area contributed by atoms with Gasteiger partial charge in [-0.2, -0.15) is 0 Å². The molecule has 1 aromatic heterocycles. The standard InChI is InChI=1S/C11H7ClFIN2O/c12-8-2-1-7(9(13)3-8)5-16-6-15-4-10(14)11(16)17/h1-4,6H,5H2. The summed E-state index contributed by atoms with van der Waals surface area (Å²) < 4.78 is 15.4. The molecular formula is C11H7ClFIN2O. The predicted octanol–water partition coefficient (Wildman–Crippen LogP) is 2.69. The van der Waals surface area contributed by atoms with Crippen molar-refractivity contribution in [2.45, 2.75) is 6.54 Å². The topological polar surface area (TPSA) is 34.9 Å². The molecule has 0 unspecified atom stereocenters. The summed E-state index contributed by atoms with van der Waals surface area (Å²) in [5.41, 5.74) is 0.218. The maximum atomic E-state index is 13.5. The maximum absolute atomic E-state index is 13.5. The molecule has 0 atom stereocenters. The monoisotopic (exact) mass is 364 g/mol. The van der Waals surface area contributed by atoms with Crippen LogP contribution in [0.25, 0.3) is 0 Å². The van der Waals surface area contributed by atoms with Gasteiger partial charge in [-0.25, -0.2) is 9.37 Å². The molecule has 0 bridgehead atoms. The highest BCUT2D eigenvalue weighted by molar-refractivity contribution is 14.1. The molecule has 0 aliphatic carbocycles. The van der Waals surface area contributed by atoms with Gasteiger partial charge in [-0.15, -0.1) is 0 Å². The SMILES string of the molecule is O=c1c(I)cncn1Cc1ccc(Cl)cc1F. The summed E-state index contributed by atoms with van der Waals surface area (Å²) in [6, 6.07) is 4.37. The Hall–Kier alpha value is -0.950. The lowest BCUT2D eigenvalue weighted by molar-refractivity contribution is 0.593. The van der Waals surface area contributed by atoms with Crippen molar-refractivity contribution in [1.82, 2.24) is 9.55 Å². The van der Waals surface area contributed by atoms with Crippen LogP contribution >= 0.6 is 34.2 Å². The fourth-order valence-electron chi connectivity index (χ4n) is 1.37. The van der Waals surface area contributed by atoms with E-state index < -0.39 is 5.82 Å². The molecule has 1 heterocycles. The zero-order chi connectivity index (χ0) is 12.4. The van der Waals surface area contributed by atoms with E-state index in [0.717, 1.165) is 0 Å².